The van der Waals surface area contributed by atoms with E-state index in [9.17, 15) is 14.4 Å². The minimum atomic E-state index is -0.763. The van der Waals surface area contributed by atoms with Crippen LogP contribution in [-0.4, -0.2) is 64.9 Å². The Kier molecular flexibility index (Phi) is 5.13. The summed E-state index contributed by atoms with van der Waals surface area (Å²) in [5.74, 6) is -0.216. The summed E-state index contributed by atoms with van der Waals surface area (Å²) >= 11 is 0. The monoisotopic (exact) mass is 425 g/mol. The van der Waals surface area contributed by atoms with Crippen LogP contribution in [0.1, 0.15) is 43.1 Å². The summed E-state index contributed by atoms with van der Waals surface area (Å²) in [7, 11) is 0. The summed E-state index contributed by atoms with van der Waals surface area (Å²) in [5, 5.41) is 7.86. The Hall–Kier alpha value is -2.94. The molecule has 2 aromatic rings. The average molecular weight is 425 g/mol. The number of aromatic nitrogens is 2. The molecule has 0 unspecified atom stereocenters. The molecule has 2 amide bonds. The number of hydrogen-bond acceptors (Lipinski definition) is 6. The number of aryl methyl sites for hydroxylation is 1. The fourth-order valence-electron chi connectivity index (χ4n) is 5.09. The molecule has 0 radical (unpaired) electrons. The molecule has 9 nitrogen and oxygen atoms in total. The minimum absolute atomic E-state index is 0.0216. The fourth-order valence-corrected chi connectivity index (χ4v) is 5.09. The van der Waals surface area contributed by atoms with E-state index in [0.29, 0.717) is 30.8 Å². The molecule has 0 aliphatic carbocycles. The van der Waals surface area contributed by atoms with Gasteiger partial charge in [0.15, 0.2) is 5.69 Å². The first kappa shape index (κ1) is 20.0. The topological polar surface area (TPSA) is 96.8 Å². The second-order valence-electron chi connectivity index (χ2n) is 8.58. The highest BCUT2D eigenvalue weighted by molar-refractivity contribution is 6.06. The molecule has 1 atom stereocenters. The predicted molar refractivity (Wildman–Crippen MR) is 114 cm³/mol. The first-order chi connectivity index (χ1) is 15.0. The van der Waals surface area contributed by atoms with Crippen LogP contribution in [0.2, 0.25) is 0 Å². The van der Waals surface area contributed by atoms with Gasteiger partial charge in [0.1, 0.15) is 0 Å². The standard InChI is InChI=1S/C22H27N5O4/c1-2-27-18-12-15(26-9-3-4-19(26)28)5-6-16(18)20(24-27)21(29)31-22(30)23-17-13-25-10-7-14(17)8-11-25/h5-6,12,14,17H,2-4,7-11,13H2,1H3,(H,23,30)/t17-/m1/s1. The lowest BCUT2D eigenvalue weighted by atomic mass is 9.84. The summed E-state index contributed by atoms with van der Waals surface area (Å²) in [6.45, 7) is 6.12. The number of carbonyl (C=O) groups is 3. The second-order valence-corrected chi connectivity index (χ2v) is 8.58. The molecule has 6 rings (SSSR count). The number of nitrogens with one attached hydrogen (secondary N) is 1. The van der Waals surface area contributed by atoms with E-state index in [-0.39, 0.29) is 17.6 Å². The first-order valence-electron chi connectivity index (χ1n) is 11.1. The maximum Gasteiger partial charge on any atom is 0.415 e. The average Bonchev–Trinajstić information content (AvgIpc) is 3.37. The predicted octanol–water partition coefficient (Wildman–Crippen LogP) is 2.14. The van der Waals surface area contributed by atoms with Crippen molar-refractivity contribution < 1.29 is 19.1 Å². The van der Waals surface area contributed by atoms with Crippen LogP contribution in [0.15, 0.2) is 18.2 Å². The molecule has 1 N–H and O–H groups in total. The van der Waals surface area contributed by atoms with E-state index in [1.807, 2.05) is 19.1 Å². The molecule has 2 bridgehead atoms. The number of amides is 2. The Labute approximate surface area is 180 Å². The van der Waals surface area contributed by atoms with E-state index >= 15 is 0 Å². The van der Waals surface area contributed by atoms with E-state index < -0.39 is 12.1 Å². The highest BCUT2D eigenvalue weighted by atomic mass is 16.6. The van der Waals surface area contributed by atoms with Crippen molar-refractivity contribution in [1.82, 2.24) is 20.0 Å². The SMILES string of the molecule is CCn1nc(C(=O)OC(=O)N[C@@H]2CN3CCC2CC3)c2ccc(N3CCCC3=O)cc21. The fraction of sp³-hybridized carbons (Fsp3) is 0.545. The van der Waals surface area contributed by atoms with Crippen LogP contribution in [0.4, 0.5) is 10.5 Å². The van der Waals surface area contributed by atoms with Crippen LogP contribution in [0.5, 0.6) is 0 Å². The number of carbonyl (C=O) groups excluding carboxylic acids is 3. The second kappa shape index (κ2) is 7.96. The Morgan fingerprint density at radius 1 is 1.23 bits per heavy atom. The maximum atomic E-state index is 12.8. The van der Waals surface area contributed by atoms with E-state index in [1.165, 1.54) is 0 Å². The number of benzene rings is 1. The van der Waals surface area contributed by atoms with E-state index in [0.717, 1.165) is 50.1 Å². The molecule has 9 heteroatoms. The highest BCUT2D eigenvalue weighted by Gasteiger charge is 2.35. The van der Waals surface area contributed by atoms with Crippen LogP contribution >= 0.6 is 0 Å². The number of esters is 1. The number of fused-ring (bicyclic) bond motifs is 4. The summed E-state index contributed by atoms with van der Waals surface area (Å²) in [6.07, 6.45) is 2.80. The van der Waals surface area contributed by atoms with Gasteiger partial charge in [0.25, 0.3) is 0 Å². The minimum Gasteiger partial charge on any atom is -0.371 e. The number of anilines is 1. The van der Waals surface area contributed by atoms with Gasteiger partial charge in [0.05, 0.1) is 5.52 Å². The van der Waals surface area contributed by atoms with Crippen molar-refractivity contribution in [2.45, 2.75) is 45.2 Å². The van der Waals surface area contributed by atoms with Gasteiger partial charge in [-0.15, -0.1) is 0 Å². The molecule has 4 aliphatic heterocycles. The van der Waals surface area contributed by atoms with Gasteiger partial charge in [0.2, 0.25) is 5.91 Å². The van der Waals surface area contributed by atoms with Crippen molar-refractivity contribution >= 4 is 34.6 Å². The van der Waals surface area contributed by atoms with Gasteiger partial charge in [0, 0.05) is 43.2 Å². The molecule has 4 aliphatic rings. The zero-order valence-electron chi connectivity index (χ0n) is 17.7. The first-order valence-corrected chi connectivity index (χ1v) is 11.1. The molecule has 1 aromatic heterocycles. The smallest absolute Gasteiger partial charge is 0.371 e. The molecule has 31 heavy (non-hydrogen) atoms. The van der Waals surface area contributed by atoms with Crippen molar-refractivity contribution in [1.29, 1.82) is 0 Å². The third-order valence-corrected chi connectivity index (χ3v) is 6.76. The molecule has 4 fully saturated rings. The molecule has 0 saturated carbocycles. The van der Waals surface area contributed by atoms with E-state index in [1.54, 1.807) is 15.6 Å². The maximum absolute atomic E-state index is 12.8. The van der Waals surface area contributed by atoms with Crippen molar-refractivity contribution in [3.05, 3.63) is 23.9 Å². The lowest BCUT2D eigenvalue weighted by Gasteiger charge is -2.44. The molecular formula is C22H27N5O4. The van der Waals surface area contributed by atoms with Crippen LogP contribution in [-0.2, 0) is 16.1 Å². The number of hydrogen-bond donors (Lipinski definition) is 1. The molecule has 0 spiro atoms. The van der Waals surface area contributed by atoms with E-state index in [4.69, 9.17) is 4.74 Å². The van der Waals surface area contributed by atoms with Gasteiger partial charge in [-0.25, -0.2) is 9.59 Å². The third kappa shape index (κ3) is 3.67. The highest BCUT2D eigenvalue weighted by Crippen LogP contribution is 2.29. The van der Waals surface area contributed by atoms with Crippen molar-refractivity contribution in [2.24, 2.45) is 5.92 Å². The number of ether oxygens (including phenoxy) is 1. The summed E-state index contributed by atoms with van der Waals surface area (Å²) in [4.78, 5) is 41.3. The molecule has 1 aromatic carbocycles. The zero-order valence-corrected chi connectivity index (χ0v) is 17.7. The Morgan fingerprint density at radius 2 is 2.03 bits per heavy atom. The van der Waals surface area contributed by atoms with Crippen molar-refractivity contribution in [2.75, 3.05) is 31.1 Å². The number of nitrogens with zero attached hydrogens (tertiary/aromatic N) is 4. The quantitative estimate of drug-likeness (QED) is 0.596. The zero-order chi connectivity index (χ0) is 21.5. The van der Waals surface area contributed by atoms with Gasteiger partial charge in [-0.2, -0.15) is 5.10 Å². The van der Waals surface area contributed by atoms with Crippen LogP contribution in [0.25, 0.3) is 10.9 Å². The lowest BCUT2D eigenvalue weighted by molar-refractivity contribution is -0.117. The molecular weight excluding hydrogens is 398 g/mol. The summed E-state index contributed by atoms with van der Waals surface area (Å²) in [6, 6.07) is 5.49. The van der Waals surface area contributed by atoms with Gasteiger partial charge >= 0.3 is 12.1 Å². The van der Waals surface area contributed by atoms with Crippen molar-refractivity contribution in [3.8, 4) is 0 Å². The summed E-state index contributed by atoms with van der Waals surface area (Å²) in [5.41, 5.74) is 1.65. The van der Waals surface area contributed by atoms with Crippen LogP contribution in [0.3, 0.4) is 0 Å². The Balaban J connectivity index is 1.33. The lowest BCUT2D eigenvalue weighted by Crippen LogP contribution is -2.57. The molecule has 5 heterocycles. The Bertz CT molecular complexity index is 1040. The van der Waals surface area contributed by atoms with Gasteiger partial charge in [-0.3, -0.25) is 9.48 Å². The molecule has 4 saturated heterocycles. The Morgan fingerprint density at radius 3 is 2.68 bits per heavy atom. The number of alkyl carbamates (subject to hydrolysis) is 1. The normalized spacial score (nSPS) is 25.3. The van der Waals surface area contributed by atoms with Crippen molar-refractivity contribution in [3.63, 3.8) is 0 Å². The van der Waals surface area contributed by atoms with Crippen LogP contribution < -0.4 is 10.2 Å². The van der Waals surface area contributed by atoms with Gasteiger partial charge in [-0.05, 0) is 63.4 Å². The van der Waals surface area contributed by atoms with E-state index in [2.05, 4.69) is 15.3 Å². The number of rotatable bonds is 4. The third-order valence-electron chi connectivity index (χ3n) is 6.76. The summed E-state index contributed by atoms with van der Waals surface area (Å²) < 4.78 is 6.81. The molecule has 164 valence electrons. The van der Waals surface area contributed by atoms with Gasteiger partial charge < -0.3 is 19.9 Å². The van der Waals surface area contributed by atoms with Gasteiger partial charge in [-0.1, -0.05) is 0 Å². The van der Waals surface area contributed by atoms with Crippen LogP contribution in [0, 0.1) is 5.92 Å². The number of piperidine rings is 3. The largest absolute Gasteiger partial charge is 0.415 e.